The van der Waals surface area contributed by atoms with Crippen LogP contribution in [-0.4, -0.2) is 15.0 Å². The Hall–Kier alpha value is -1.34. The normalized spacial score (nSPS) is 11.1. The first-order valence-electron chi connectivity index (χ1n) is 6.00. The van der Waals surface area contributed by atoms with Gasteiger partial charge in [0.25, 0.3) is 10.0 Å². The smallest absolute Gasteiger partial charge is 0.261 e. The lowest BCUT2D eigenvalue weighted by atomic mass is 10.3. The molecule has 0 saturated heterocycles. The molecule has 2 aromatic carbocycles. The molecule has 0 N–H and O–H groups in total. The third-order valence-corrected chi connectivity index (χ3v) is 5.45. The average molecular weight is 399 g/mol. The van der Waals surface area contributed by atoms with Crippen molar-refractivity contribution in [3.8, 4) is 0 Å². The van der Waals surface area contributed by atoms with E-state index in [0.29, 0.717) is 5.69 Å². The van der Waals surface area contributed by atoms with Crippen LogP contribution in [0.15, 0.2) is 72.1 Å². The molecule has 0 unspecified atom stereocenters. The number of hydrogen-bond acceptors (Lipinski definition) is 2. The Bertz CT molecular complexity index is 699. The summed E-state index contributed by atoms with van der Waals surface area (Å²) < 4.78 is 27.8. The molecule has 0 amide bonds. The molecule has 0 heterocycles. The molecule has 0 spiro atoms. The first-order chi connectivity index (χ1) is 9.57. The van der Waals surface area contributed by atoms with Gasteiger partial charge in [-0.2, -0.15) is 0 Å². The van der Waals surface area contributed by atoms with Crippen molar-refractivity contribution in [3.63, 3.8) is 0 Å². The summed E-state index contributed by atoms with van der Waals surface area (Å²) in [6.07, 6.45) is 1.59. The molecule has 5 heteroatoms. The van der Waals surface area contributed by atoms with Crippen molar-refractivity contribution in [2.45, 2.75) is 4.90 Å². The van der Waals surface area contributed by atoms with E-state index in [-0.39, 0.29) is 11.4 Å². The fraction of sp³-hybridized carbons (Fsp3) is 0.0667. The van der Waals surface area contributed by atoms with Crippen LogP contribution in [0, 0.1) is 3.57 Å². The van der Waals surface area contributed by atoms with E-state index in [1.54, 1.807) is 42.5 Å². The summed E-state index contributed by atoms with van der Waals surface area (Å²) in [5.41, 5.74) is 0.664. The highest BCUT2D eigenvalue weighted by molar-refractivity contribution is 14.1. The Labute approximate surface area is 133 Å². The summed E-state index contributed by atoms with van der Waals surface area (Å²) in [5, 5.41) is 0. The van der Waals surface area contributed by atoms with Gasteiger partial charge in [0.05, 0.1) is 17.1 Å². The summed E-state index contributed by atoms with van der Waals surface area (Å²) in [6, 6.07) is 15.8. The Kier molecular flexibility index (Phi) is 4.82. The van der Waals surface area contributed by atoms with E-state index in [1.165, 1.54) is 4.31 Å². The Morgan fingerprint density at radius 2 is 1.65 bits per heavy atom. The molecule has 0 aromatic heterocycles. The van der Waals surface area contributed by atoms with Gasteiger partial charge in [-0.25, -0.2) is 8.42 Å². The van der Waals surface area contributed by atoms with Crippen LogP contribution in [0.3, 0.4) is 0 Å². The zero-order valence-corrected chi connectivity index (χ0v) is 13.7. The van der Waals surface area contributed by atoms with Crippen molar-refractivity contribution in [2.24, 2.45) is 0 Å². The summed E-state index contributed by atoms with van der Waals surface area (Å²) in [4.78, 5) is 0.279. The molecule has 0 atom stereocenters. The largest absolute Gasteiger partial charge is 0.264 e. The molecule has 0 saturated carbocycles. The van der Waals surface area contributed by atoms with Crippen molar-refractivity contribution < 1.29 is 8.42 Å². The summed E-state index contributed by atoms with van der Waals surface area (Å²) in [6.45, 7) is 3.89. The van der Waals surface area contributed by atoms with Gasteiger partial charge in [-0.3, -0.25) is 4.31 Å². The molecule has 20 heavy (non-hydrogen) atoms. The van der Waals surface area contributed by atoms with Gasteiger partial charge < -0.3 is 0 Å². The number of halogens is 1. The van der Waals surface area contributed by atoms with Gasteiger partial charge in [0, 0.05) is 3.57 Å². The van der Waals surface area contributed by atoms with Crippen molar-refractivity contribution in [1.82, 2.24) is 0 Å². The van der Waals surface area contributed by atoms with Crippen molar-refractivity contribution in [1.29, 1.82) is 0 Å². The number of rotatable bonds is 5. The molecule has 2 rings (SSSR count). The summed E-state index contributed by atoms with van der Waals surface area (Å²) in [5.74, 6) is 0. The minimum atomic E-state index is -3.58. The first kappa shape index (κ1) is 15.1. The zero-order chi connectivity index (χ0) is 14.6. The molecular formula is C15H14INO2S. The second-order valence-electron chi connectivity index (χ2n) is 4.09. The highest BCUT2D eigenvalue weighted by Gasteiger charge is 2.24. The monoisotopic (exact) mass is 399 g/mol. The highest BCUT2D eigenvalue weighted by Crippen LogP contribution is 2.27. The lowest BCUT2D eigenvalue weighted by Crippen LogP contribution is -2.31. The van der Waals surface area contributed by atoms with Crippen LogP contribution in [0.1, 0.15) is 0 Å². The van der Waals surface area contributed by atoms with Gasteiger partial charge in [-0.15, -0.1) is 6.58 Å². The standard InChI is InChI=1S/C15H14INO2S/c1-2-12-17(15-11-7-6-10-14(15)16)20(18,19)13-8-4-3-5-9-13/h2-11H,1,12H2. The lowest BCUT2D eigenvalue weighted by Gasteiger charge is -2.24. The van der Waals surface area contributed by atoms with E-state index >= 15 is 0 Å². The number of nitrogens with zero attached hydrogens (tertiary/aromatic N) is 1. The van der Waals surface area contributed by atoms with Gasteiger partial charge in [0.2, 0.25) is 0 Å². The Balaban J connectivity index is 2.55. The predicted molar refractivity (Wildman–Crippen MR) is 90.3 cm³/mol. The Morgan fingerprint density at radius 3 is 2.25 bits per heavy atom. The van der Waals surface area contributed by atoms with Crippen LogP contribution in [-0.2, 0) is 10.0 Å². The second kappa shape index (κ2) is 6.41. The molecule has 0 radical (unpaired) electrons. The zero-order valence-electron chi connectivity index (χ0n) is 10.7. The number of sulfonamides is 1. The van der Waals surface area contributed by atoms with Gasteiger partial charge in [0.1, 0.15) is 0 Å². The predicted octanol–water partition coefficient (Wildman–Crippen LogP) is 3.67. The average Bonchev–Trinajstić information content (AvgIpc) is 2.46. The number of benzene rings is 2. The van der Waals surface area contributed by atoms with E-state index in [4.69, 9.17) is 0 Å². The number of para-hydroxylation sites is 1. The maximum Gasteiger partial charge on any atom is 0.264 e. The van der Waals surface area contributed by atoms with Crippen LogP contribution in [0.4, 0.5) is 5.69 Å². The Morgan fingerprint density at radius 1 is 1.05 bits per heavy atom. The number of anilines is 1. The molecular weight excluding hydrogens is 385 g/mol. The van der Waals surface area contributed by atoms with Crippen molar-refractivity contribution in [3.05, 3.63) is 70.8 Å². The van der Waals surface area contributed by atoms with E-state index in [9.17, 15) is 8.42 Å². The van der Waals surface area contributed by atoms with Gasteiger partial charge in [-0.05, 0) is 46.9 Å². The van der Waals surface area contributed by atoms with Crippen LogP contribution in [0.25, 0.3) is 0 Å². The second-order valence-corrected chi connectivity index (χ2v) is 7.11. The first-order valence-corrected chi connectivity index (χ1v) is 8.52. The minimum Gasteiger partial charge on any atom is -0.261 e. The summed E-state index contributed by atoms with van der Waals surface area (Å²) >= 11 is 2.13. The quantitative estimate of drug-likeness (QED) is 0.569. The number of hydrogen-bond donors (Lipinski definition) is 0. The van der Waals surface area contributed by atoms with Crippen LogP contribution >= 0.6 is 22.6 Å². The fourth-order valence-electron chi connectivity index (χ4n) is 1.82. The third-order valence-electron chi connectivity index (χ3n) is 2.75. The molecule has 0 aliphatic heterocycles. The van der Waals surface area contributed by atoms with E-state index in [2.05, 4.69) is 29.2 Å². The SMILES string of the molecule is C=CCN(c1ccccc1I)S(=O)(=O)c1ccccc1. The van der Waals surface area contributed by atoms with Crippen LogP contribution in [0.5, 0.6) is 0 Å². The maximum absolute atomic E-state index is 12.7. The molecule has 104 valence electrons. The van der Waals surface area contributed by atoms with E-state index in [1.807, 2.05) is 18.2 Å². The van der Waals surface area contributed by atoms with E-state index in [0.717, 1.165) is 3.57 Å². The molecule has 0 aliphatic carbocycles. The topological polar surface area (TPSA) is 37.4 Å². The molecule has 0 bridgehead atoms. The van der Waals surface area contributed by atoms with Gasteiger partial charge in [-0.1, -0.05) is 36.4 Å². The molecule has 0 aliphatic rings. The van der Waals surface area contributed by atoms with Gasteiger partial charge >= 0.3 is 0 Å². The minimum absolute atomic E-state index is 0.233. The maximum atomic E-state index is 12.7. The van der Waals surface area contributed by atoms with Crippen LogP contribution < -0.4 is 4.31 Å². The third kappa shape index (κ3) is 3.04. The molecule has 3 nitrogen and oxygen atoms in total. The lowest BCUT2D eigenvalue weighted by molar-refractivity contribution is 0.593. The van der Waals surface area contributed by atoms with Gasteiger partial charge in [0.15, 0.2) is 0 Å². The molecule has 0 fully saturated rings. The fourth-order valence-corrected chi connectivity index (χ4v) is 4.13. The van der Waals surface area contributed by atoms with E-state index < -0.39 is 10.0 Å². The molecule has 2 aromatic rings. The summed E-state index contributed by atoms with van der Waals surface area (Å²) in [7, 11) is -3.58. The van der Waals surface area contributed by atoms with Crippen molar-refractivity contribution in [2.75, 3.05) is 10.8 Å². The van der Waals surface area contributed by atoms with Crippen molar-refractivity contribution >= 4 is 38.3 Å². The van der Waals surface area contributed by atoms with Crippen LogP contribution in [0.2, 0.25) is 0 Å². The highest BCUT2D eigenvalue weighted by atomic mass is 127.